The summed E-state index contributed by atoms with van der Waals surface area (Å²) in [5, 5.41) is 4.24. The van der Waals surface area contributed by atoms with Crippen molar-refractivity contribution in [3.05, 3.63) is 10.6 Å². The number of hydrogen-bond acceptors (Lipinski definition) is 4. The summed E-state index contributed by atoms with van der Waals surface area (Å²) in [5.41, 5.74) is 6.97. The standard InChI is InChI=1S/C8H11N3S/c9-8-11-6-4-1-2-5(10-3-4)7(6)12-8/h4-5,10H,1-3H2,(H2,9,11). The van der Waals surface area contributed by atoms with E-state index in [2.05, 4.69) is 10.3 Å². The van der Waals surface area contributed by atoms with Crippen molar-refractivity contribution in [1.29, 1.82) is 0 Å². The maximum atomic E-state index is 5.69. The van der Waals surface area contributed by atoms with Gasteiger partial charge < -0.3 is 11.1 Å². The number of nitrogens with two attached hydrogens (primary N) is 1. The minimum Gasteiger partial charge on any atom is -0.375 e. The normalized spacial score (nSPS) is 32.0. The SMILES string of the molecule is Nc1nc2c(s1)C1CCC2CN1. The van der Waals surface area contributed by atoms with Gasteiger partial charge in [0, 0.05) is 23.4 Å². The lowest BCUT2D eigenvalue weighted by Gasteiger charge is -2.35. The highest BCUT2D eigenvalue weighted by Gasteiger charge is 2.35. The molecule has 12 heavy (non-hydrogen) atoms. The highest BCUT2D eigenvalue weighted by atomic mass is 32.1. The smallest absolute Gasteiger partial charge is 0.180 e. The molecule has 3 aliphatic rings. The van der Waals surface area contributed by atoms with Gasteiger partial charge in [0.25, 0.3) is 0 Å². The van der Waals surface area contributed by atoms with Gasteiger partial charge in [-0.3, -0.25) is 0 Å². The monoisotopic (exact) mass is 181 g/mol. The Morgan fingerprint density at radius 3 is 3.08 bits per heavy atom. The van der Waals surface area contributed by atoms with E-state index in [4.69, 9.17) is 5.73 Å². The molecule has 2 unspecified atom stereocenters. The maximum Gasteiger partial charge on any atom is 0.180 e. The third-order valence-electron chi connectivity index (χ3n) is 2.82. The second kappa shape index (κ2) is 2.20. The van der Waals surface area contributed by atoms with Gasteiger partial charge in [-0.15, -0.1) is 11.3 Å². The van der Waals surface area contributed by atoms with E-state index < -0.39 is 0 Å². The number of thiazole rings is 1. The third kappa shape index (κ3) is 0.765. The Balaban J connectivity index is 2.18. The van der Waals surface area contributed by atoms with Crippen LogP contribution in [0.4, 0.5) is 5.13 Å². The van der Waals surface area contributed by atoms with Gasteiger partial charge in [-0.2, -0.15) is 0 Å². The molecule has 4 rings (SSSR count). The highest BCUT2D eigenvalue weighted by Crippen LogP contribution is 2.44. The molecule has 1 aliphatic carbocycles. The van der Waals surface area contributed by atoms with Crippen LogP contribution in [0.2, 0.25) is 0 Å². The van der Waals surface area contributed by atoms with E-state index in [-0.39, 0.29) is 0 Å². The highest BCUT2D eigenvalue weighted by molar-refractivity contribution is 7.15. The van der Waals surface area contributed by atoms with Crippen molar-refractivity contribution in [2.75, 3.05) is 12.3 Å². The van der Waals surface area contributed by atoms with Crippen molar-refractivity contribution in [2.24, 2.45) is 0 Å². The van der Waals surface area contributed by atoms with Crippen LogP contribution in [0.15, 0.2) is 0 Å². The quantitative estimate of drug-likeness (QED) is 0.633. The van der Waals surface area contributed by atoms with Gasteiger partial charge in [0.15, 0.2) is 5.13 Å². The van der Waals surface area contributed by atoms with E-state index in [1.807, 2.05) is 0 Å². The lowest BCUT2D eigenvalue weighted by atomic mass is 9.84. The van der Waals surface area contributed by atoms with E-state index in [9.17, 15) is 0 Å². The predicted molar refractivity (Wildman–Crippen MR) is 49.2 cm³/mol. The van der Waals surface area contributed by atoms with Gasteiger partial charge in [0.05, 0.1) is 5.69 Å². The Hall–Kier alpha value is -0.610. The van der Waals surface area contributed by atoms with Crippen LogP contribution in [0, 0.1) is 0 Å². The topological polar surface area (TPSA) is 50.9 Å². The average Bonchev–Trinajstić information content (AvgIpc) is 2.49. The summed E-state index contributed by atoms with van der Waals surface area (Å²) in [7, 11) is 0. The summed E-state index contributed by atoms with van der Waals surface area (Å²) >= 11 is 1.66. The number of fused-ring (bicyclic) bond motifs is 2. The molecule has 4 heteroatoms. The number of rotatable bonds is 0. The molecule has 1 aromatic rings. The average molecular weight is 181 g/mol. The van der Waals surface area contributed by atoms with Gasteiger partial charge in [0.2, 0.25) is 0 Å². The summed E-state index contributed by atoms with van der Waals surface area (Å²) < 4.78 is 0. The van der Waals surface area contributed by atoms with Gasteiger partial charge in [-0.1, -0.05) is 0 Å². The largest absolute Gasteiger partial charge is 0.375 e. The van der Waals surface area contributed by atoms with E-state index in [1.165, 1.54) is 23.4 Å². The molecule has 2 bridgehead atoms. The number of nitrogens with one attached hydrogen (secondary N) is 1. The van der Waals surface area contributed by atoms with Crippen LogP contribution in [0.5, 0.6) is 0 Å². The zero-order valence-corrected chi connectivity index (χ0v) is 7.53. The molecule has 0 spiro atoms. The lowest BCUT2D eigenvalue weighted by Crippen LogP contribution is -2.37. The summed E-state index contributed by atoms with van der Waals surface area (Å²) in [5.74, 6) is 0.638. The van der Waals surface area contributed by atoms with E-state index in [0.717, 1.165) is 11.7 Å². The van der Waals surface area contributed by atoms with E-state index in [0.29, 0.717) is 12.0 Å². The second-order valence-electron chi connectivity index (χ2n) is 3.54. The number of nitrogens with zero attached hydrogens (tertiary/aromatic N) is 1. The van der Waals surface area contributed by atoms with Crippen LogP contribution in [-0.4, -0.2) is 11.5 Å². The third-order valence-corrected chi connectivity index (χ3v) is 3.83. The molecular weight excluding hydrogens is 170 g/mol. The van der Waals surface area contributed by atoms with Crippen molar-refractivity contribution < 1.29 is 0 Å². The van der Waals surface area contributed by atoms with Gasteiger partial charge in [-0.05, 0) is 12.8 Å². The number of nitrogen functional groups attached to an aromatic ring is 1. The number of piperidine rings is 1. The van der Waals surface area contributed by atoms with Crippen LogP contribution < -0.4 is 11.1 Å². The fraction of sp³-hybridized carbons (Fsp3) is 0.625. The summed E-state index contributed by atoms with van der Waals surface area (Å²) in [6.07, 6.45) is 2.55. The number of aromatic nitrogens is 1. The zero-order valence-electron chi connectivity index (χ0n) is 6.71. The maximum absolute atomic E-state index is 5.69. The molecule has 0 amide bonds. The molecule has 1 saturated heterocycles. The Bertz CT molecular complexity index is 283. The summed E-state index contributed by atoms with van der Waals surface area (Å²) in [4.78, 5) is 5.79. The molecule has 0 radical (unpaired) electrons. The minimum atomic E-state index is 0.555. The molecule has 2 atom stereocenters. The van der Waals surface area contributed by atoms with Crippen molar-refractivity contribution in [2.45, 2.75) is 24.8 Å². The van der Waals surface area contributed by atoms with Crippen LogP contribution in [0.25, 0.3) is 0 Å². The molecule has 64 valence electrons. The fourth-order valence-corrected chi connectivity index (χ4v) is 3.25. The molecule has 0 aromatic carbocycles. The zero-order chi connectivity index (χ0) is 8.13. The van der Waals surface area contributed by atoms with E-state index in [1.54, 1.807) is 11.3 Å². The van der Waals surface area contributed by atoms with Crippen LogP contribution in [0.3, 0.4) is 0 Å². The van der Waals surface area contributed by atoms with Gasteiger partial charge in [-0.25, -0.2) is 4.98 Å². The first kappa shape index (κ1) is 6.86. The summed E-state index contributed by atoms with van der Waals surface area (Å²) in [6.45, 7) is 1.10. The van der Waals surface area contributed by atoms with E-state index >= 15 is 0 Å². The van der Waals surface area contributed by atoms with Gasteiger partial charge in [0.1, 0.15) is 0 Å². The van der Waals surface area contributed by atoms with Crippen LogP contribution in [0.1, 0.15) is 35.4 Å². The van der Waals surface area contributed by atoms with Crippen molar-refractivity contribution >= 4 is 16.5 Å². The number of anilines is 1. The molecule has 3 N–H and O–H groups in total. The lowest BCUT2D eigenvalue weighted by molar-refractivity contribution is 0.338. The molecular formula is C8H11N3S. The molecule has 1 fully saturated rings. The fourth-order valence-electron chi connectivity index (χ4n) is 2.22. The van der Waals surface area contributed by atoms with Crippen molar-refractivity contribution in [3.63, 3.8) is 0 Å². The predicted octanol–water partition coefficient (Wildman–Crippen LogP) is 1.25. The molecule has 2 aliphatic heterocycles. The van der Waals surface area contributed by atoms with Crippen LogP contribution >= 0.6 is 11.3 Å². The number of hydrogen-bond donors (Lipinski definition) is 2. The van der Waals surface area contributed by atoms with Crippen LogP contribution in [-0.2, 0) is 0 Å². The summed E-state index contributed by atoms with van der Waals surface area (Å²) in [6, 6.07) is 0.555. The molecule has 3 nitrogen and oxygen atoms in total. The Kier molecular flexibility index (Phi) is 1.26. The minimum absolute atomic E-state index is 0.555. The molecule has 1 aromatic heterocycles. The van der Waals surface area contributed by atoms with Gasteiger partial charge >= 0.3 is 0 Å². The second-order valence-corrected chi connectivity index (χ2v) is 4.60. The first-order valence-corrected chi connectivity index (χ1v) is 5.15. The van der Waals surface area contributed by atoms with Crippen molar-refractivity contribution in [3.8, 4) is 0 Å². The first-order chi connectivity index (χ1) is 5.84. The van der Waals surface area contributed by atoms with Crippen molar-refractivity contribution in [1.82, 2.24) is 10.3 Å². The molecule has 0 saturated carbocycles. The first-order valence-electron chi connectivity index (χ1n) is 4.34. The Morgan fingerprint density at radius 2 is 2.42 bits per heavy atom. The molecule has 3 heterocycles. The Morgan fingerprint density at radius 1 is 1.50 bits per heavy atom. The Labute approximate surface area is 75.0 Å².